The molecule has 0 saturated carbocycles. The van der Waals surface area contributed by atoms with Gasteiger partial charge in [0.25, 0.3) is 5.91 Å². The molecule has 0 saturated heterocycles. The highest BCUT2D eigenvalue weighted by atomic mass is 16.3. The Morgan fingerprint density at radius 3 is 2.72 bits per heavy atom. The molecule has 1 aromatic heterocycles. The third-order valence-corrected chi connectivity index (χ3v) is 2.60. The monoisotopic (exact) mass is 252 g/mol. The van der Waals surface area contributed by atoms with Crippen LogP contribution in [0.1, 0.15) is 30.6 Å². The number of aliphatic hydroxyl groups excluding tert-OH is 1. The van der Waals surface area contributed by atoms with Crippen molar-refractivity contribution in [3.8, 4) is 0 Å². The van der Waals surface area contributed by atoms with Crippen LogP contribution in [0, 0.1) is 0 Å². The molecular formula is C12H20N4O2. The SMILES string of the molecule is CC(C)N(CCCO)C(=O)c1ccc(NN)nc1. The summed E-state index contributed by atoms with van der Waals surface area (Å²) in [5.41, 5.74) is 2.92. The van der Waals surface area contributed by atoms with Crippen molar-refractivity contribution in [2.45, 2.75) is 26.3 Å². The zero-order valence-electron chi connectivity index (χ0n) is 10.8. The number of nitrogens with zero attached hydrogens (tertiary/aromatic N) is 2. The number of anilines is 1. The van der Waals surface area contributed by atoms with Crippen LogP contribution in [0.15, 0.2) is 18.3 Å². The number of aromatic nitrogens is 1. The fourth-order valence-electron chi connectivity index (χ4n) is 1.61. The lowest BCUT2D eigenvalue weighted by Gasteiger charge is -2.26. The fourth-order valence-corrected chi connectivity index (χ4v) is 1.61. The van der Waals surface area contributed by atoms with E-state index in [0.717, 1.165) is 0 Å². The molecule has 0 aliphatic heterocycles. The van der Waals surface area contributed by atoms with Crippen molar-refractivity contribution in [3.63, 3.8) is 0 Å². The maximum Gasteiger partial charge on any atom is 0.255 e. The number of pyridine rings is 1. The van der Waals surface area contributed by atoms with E-state index in [2.05, 4.69) is 10.4 Å². The Morgan fingerprint density at radius 2 is 2.28 bits per heavy atom. The second kappa shape index (κ2) is 6.93. The molecular weight excluding hydrogens is 232 g/mol. The Balaban J connectivity index is 2.80. The number of carbonyl (C=O) groups excluding carboxylic acids is 1. The maximum absolute atomic E-state index is 12.2. The van der Waals surface area contributed by atoms with Crippen LogP contribution < -0.4 is 11.3 Å². The summed E-state index contributed by atoms with van der Waals surface area (Å²) in [5.74, 6) is 5.64. The summed E-state index contributed by atoms with van der Waals surface area (Å²) >= 11 is 0. The van der Waals surface area contributed by atoms with Crippen LogP contribution in [0.25, 0.3) is 0 Å². The van der Waals surface area contributed by atoms with Gasteiger partial charge in [0.2, 0.25) is 0 Å². The predicted molar refractivity (Wildman–Crippen MR) is 69.9 cm³/mol. The molecule has 0 aromatic carbocycles. The standard InChI is InChI=1S/C12H20N4O2/c1-9(2)16(6-3-7-17)12(18)10-4-5-11(15-13)14-8-10/h4-5,8-9,17H,3,6-7,13H2,1-2H3,(H,14,15). The van der Waals surface area contributed by atoms with Crippen molar-refractivity contribution < 1.29 is 9.90 Å². The molecule has 1 aromatic rings. The number of amides is 1. The van der Waals surface area contributed by atoms with E-state index >= 15 is 0 Å². The third kappa shape index (κ3) is 3.68. The number of aliphatic hydroxyl groups is 1. The Kier molecular flexibility index (Phi) is 5.54. The smallest absolute Gasteiger partial charge is 0.255 e. The molecule has 0 spiro atoms. The van der Waals surface area contributed by atoms with E-state index in [4.69, 9.17) is 10.9 Å². The molecule has 0 radical (unpaired) electrons. The number of nitrogens with two attached hydrogens (primary N) is 1. The number of hydrogen-bond donors (Lipinski definition) is 3. The minimum Gasteiger partial charge on any atom is -0.396 e. The minimum absolute atomic E-state index is 0.0742. The van der Waals surface area contributed by atoms with Crippen LogP contribution in [-0.4, -0.2) is 40.1 Å². The van der Waals surface area contributed by atoms with Gasteiger partial charge in [0.15, 0.2) is 0 Å². The molecule has 18 heavy (non-hydrogen) atoms. The van der Waals surface area contributed by atoms with Crippen LogP contribution in [-0.2, 0) is 0 Å². The quantitative estimate of drug-likeness (QED) is 0.509. The summed E-state index contributed by atoms with van der Waals surface area (Å²) < 4.78 is 0. The van der Waals surface area contributed by atoms with Gasteiger partial charge in [-0.2, -0.15) is 0 Å². The van der Waals surface area contributed by atoms with Gasteiger partial charge in [0.05, 0.1) is 5.56 Å². The normalized spacial score (nSPS) is 10.5. The van der Waals surface area contributed by atoms with E-state index in [-0.39, 0.29) is 18.6 Å². The molecule has 1 heterocycles. The number of nitrogens with one attached hydrogen (secondary N) is 1. The third-order valence-electron chi connectivity index (χ3n) is 2.60. The highest BCUT2D eigenvalue weighted by molar-refractivity contribution is 5.94. The summed E-state index contributed by atoms with van der Waals surface area (Å²) in [7, 11) is 0. The van der Waals surface area contributed by atoms with Gasteiger partial charge in [-0.3, -0.25) is 4.79 Å². The lowest BCUT2D eigenvalue weighted by molar-refractivity contribution is 0.0692. The first-order valence-electron chi connectivity index (χ1n) is 5.94. The Morgan fingerprint density at radius 1 is 1.56 bits per heavy atom. The topological polar surface area (TPSA) is 91.5 Å². The molecule has 1 amide bonds. The number of carbonyl (C=O) groups is 1. The Labute approximate surface area is 107 Å². The zero-order valence-corrected chi connectivity index (χ0v) is 10.8. The molecule has 0 atom stereocenters. The van der Waals surface area contributed by atoms with E-state index in [0.29, 0.717) is 24.3 Å². The van der Waals surface area contributed by atoms with Crippen LogP contribution in [0.4, 0.5) is 5.82 Å². The Bertz CT molecular complexity index is 378. The highest BCUT2D eigenvalue weighted by Gasteiger charge is 2.18. The van der Waals surface area contributed by atoms with Gasteiger partial charge >= 0.3 is 0 Å². The van der Waals surface area contributed by atoms with Crippen molar-refractivity contribution in [2.75, 3.05) is 18.6 Å². The summed E-state index contributed by atoms with van der Waals surface area (Å²) in [6.45, 7) is 4.49. The van der Waals surface area contributed by atoms with Gasteiger partial charge in [-0.1, -0.05) is 0 Å². The lowest BCUT2D eigenvalue weighted by atomic mass is 10.2. The molecule has 0 bridgehead atoms. The number of rotatable bonds is 6. The first-order valence-corrected chi connectivity index (χ1v) is 5.94. The summed E-state index contributed by atoms with van der Waals surface area (Å²) in [5, 5.41) is 8.85. The number of hydrogen-bond acceptors (Lipinski definition) is 5. The molecule has 4 N–H and O–H groups in total. The van der Waals surface area contributed by atoms with Crippen molar-refractivity contribution >= 4 is 11.7 Å². The second-order valence-electron chi connectivity index (χ2n) is 4.25. The van der Waals surface area contributed by atoms with Crippen molar-refractivity contribution in [2.24, 2.45) is 5.84 Å². The number of nitrogen functional groups attached to an aromatic ring is 1. The van der Waals surface area contributed by atoms with Gasteiger partial charge in [-0.15, -0.1) is 0 Å². The van der Waals surface area contributed by atoms with Crippen LogP contribution in [0.3, 0.4) is 0 Å². The molecule has 0 fully saturated rings. The van der Waals surface area contributed by atoms with E-state index in [1.165, 1.54) is 6.20 Å². The van der Waals surface area contributed by atoms with Crippen molar-refractivity contribution in [3.05, 3.63) is 23.9 Å². The molecule has 1 rings (SSSR count). The van der Waals surface area contributed by atoms with Crippen LogP contribution in [0.2, 0.25) is 0 Å². The summed E-state index contributed by atoms with van der Waals surface area (Å²) in [6, 6.07) is 3.41. The van der Waals surface area contributed by atoms with E-state index < -0.39 is 0 Å². The summed E-state index contributed by atoms with van der Waals surface area (Å²) in [6.07, 6.45) is 2.06. The summed E-state index contributed by atoms with van der Waals surface area (Å²) in [4.78, 5) is 18.0. The second-order valence-corrected chi connectivity index (χ2v) is 4.25. The first-order chi connectivity index (χ1) is 8.60. The van der Waals surface area contributed by atoms with Crippen LogP contribution >= 0.6 is 0 Å². The fraction of sp³-hybridized carbons (Fsp3) is 0.500. The van der Waals surface area contributed by atoms with Gasteiger partial charge in [0.1, 0.15) is 5.82 Å². The molecule has 6 heteroatoms. The lowest BCUT2D eigenvalue weighted by Crippen LogP contribution is -2.38. The van der Waals surface area contributed by atoms with E-state index in [1.54, 1.807) is 17.0 Å². The average molecular weight is 252 g/mol. The molecule has 100 valence electrons. The van der Waals surface area contributed by atoms with Gasteiger partial charge in [0, 0.05) is 25.4 Å². The highest BCUT2D eigenvalue weighted by Crippen LogP contribution is 2.10. The van der Waals surface area contributed by atoms with Gasteiger partial charge in [-0.05, 0) is 32.4 Å². The van der Waals surface area contributed by atoms with E-state index in [1.807, 2.05) is 13.8 Å². The number of hydrazine groups is 1. The Hall–Kier alpha value is -1.66. The van der Waals surface area contributed by atoms with Gasteiger partial charge < -0.3 is 15.4 Å². The van der Waals surface area contributed by atoms with Gasteiger partial charge in [-0.25, -0.2) is 10.8 Å². The predicted octanol–water partition coefficient (Wildman–Crippen LogP) is 0.600. The molecule has 0 unspecified atom stereocenters. The minimum atomic E-state index is -0.0884. The maximum atomic E-state index is 12.2. The average Bonchev–Trinajstić information content (AvgIpc) is 2.38. The molecule has 6 nitrogen and oxygen atoms in total. The van der Waals surface area contributed by atoms with Crippen molar-refractivity contribution in [1.29, 1.82) is 0 Å². The largest absolute Gasteiger partial charge is 0.396 e. The van der Waals surface area contributed by atoms with Crippen LogP contribution in [0.5, 0.6) is 0 Å². The van der Waals surface area contributed by atoms with Crippen molar-refractivity contribution in [1.82, 2.24) is 9.88 Å². The molecule has 0 aliphatic rings. The first kappa shape index (κ1) is 14.4. The molecule has 0 aliphatic carbocycles. The van der Waals surface area contributed by atoms with E-state index in [9.17, 15) is 4.79 Å². The zero-order chi connectivity index (χ0) is 13.5.